The summed E-state index contributed by atoms with van der Waals surface area (Å²) in [5, 5.41) is 6.73. The largest absolute Gasteiger partial charge is 0.490 e. The average Bonchev–Trinajstić information content (AvgIpc) is 2.81. The molecule has 3 aromatic carbocycles. The number of ether oxygens (including phenoxy) is 2. The van der Waals surface area contributed by atoms with E-state index in [1.54, 1.807) is 6.07 Å². The maximum Gasteiger partial charge on any atom is 0.249 e. The third-order valence-electron chi connectivity index (χ3n) is 5.01. The Morgan fingerprint density at radius 3 is 2.42 bits per heavy atom. The molecular weight excluding hydrogens is 590 g/mol. The van der Waals surface area contributed by atoms with Crippen LogP contribution in [0, 0.1) is 13.8 Å². The van der Waals surface area contributed by atoms with E-state index in [-0.39, 0.29) is 6.42 Å². The number of nitrogens with one attached hydrogen (secondary N) is 2. The van der Waals surface area contributed by atoms with Crippen molar-refractivity contribution in [2.45, 2.75) is 33.8 Å². The predicted octanol–water partition coefficient (Wildman–Crippen LogP) is 6.29. The molecule has 0 aromatic heterocycles. The van der Waals surface area contributed by atoms with Gasteiger partial charge in [0.15, 0.2) is 11.5 Å². The first-order valence-corrected chi connectivity index (χ1v) is 12.9. The van der Waals surface area contributed by atoms with Crippen molar-refractivity contribution in [1.82, 2.24) is 5.43 Å². The normalized spacial score (nSPS) is 10.8. The Kier molecular flexibility index (Phi) is 10.1. The fraction of sp³-hybridized carbons (Fsp3) is 0.222. The van der Waals surface area contributed by atoms with Gasteiger partial charge in [0.25, 0.3) is 0 Å². The summed E-state index contributed by atoms with van der Waals surface area (Å²) in [5.74, 6) is 0.184. The summed E-state index contributed by atoms with van der Waals surface area (Å²) in [7, 11) is 0. The summed E-state index contributed by atoms with van der Waals surface area (Å²) in [6, 6.07) is 17.1. The van der Waals surface area contributed by atoms with E-state index < -0.39 is 11.8 Å². The van der Waals surface area contributed by atoms with Gasteiger partial charge in [-0.25, -0.2) is 5.43 Å². The number of nitrogens with zero attached hydrogens (tertiary/aromatic N) is 1. The van der Waals surface area contributed by atoms with Crippen molar-refractivity contribution in [3.8, 4) is 11.5 Å². The molecule has 0 spiro atoms. The minimum atomic E-state index is -0.521. The molecule has 0 atom stereocenters. The van der Waals surface area contributed by atoms with Gasteiger partial charge in [0.2, 0.25) is 11.8 Å². The molecule has 2 amide bonds. The first kappa shape index (κ1) is 27.4. The van der Waals surface area contributed by atoms with Crippen molar-refractivity contribution in [2.75, 3.05) is 11.9 Å². The van der Waals surface area contributed by atoms with E-state index in [2.05, 4.69) is 47.7 Å². The molecule has 0 aliphatic heterocycles. The first-order valence-electron chi connectivity index (χ1n) is 11.3. The maximum absolute atomic E-state index is 12.2. The molecule has 0 radical (unpaired) electrons. The minimum Gasteiger partial charge on any atom is -0.490 e. The SMILES string of the molecule is CCOc1cc(C=NNC(=O)CC(=O)Nc2ccc(C)cc2C)cc(Br)c1OCc1ccc(Br)cc1. The zero-order valence-electron chi connectivity index (χ0n) is 20.2. The lowest BCUT2D eigenvalue weighted by Gasteiger charge is -2.14. The molecule has 0 saturated heterocycles. The Labute approximate surface area is 227 Å². The number of aryl methyl sites for hydroxylation is 2. The lowest BCUT2D eigenvalue weighted by atomic mass is 10.1. The van der Waals surface area contributed by atoms with Gasteiger partial charge >= 0.3 is 0 Å². The quantitative estimate of drug-likeness (QED) is 0.159. The van der Waals surface area contributed by atoms with Crippen LogP contribution in [0.5, 0.6) is 11.5 Å². The Bertz CT molecular complexity index is 1260. The van der Waals surface area contributed by atoms with Gasteiger partial charge in [-0.05, 0) is 83.7 Å². The summed E-state index contributed by atoms with van der Waals surface area (Å²) < 4.78 is 13.4. The third-order valence-corrected chi connectivity index (χ3v) is 6.13. The summed E-state index contributed by atoms with van der Waals surface area (Å²) in [6.45, 7) is 6.59. The average molecular weight is 617 g/mol. The minimum absolute atomic E-state index is 0.346. The number of carbonyl (C=O) groups is 2. The lowest BCUT2D eigenvalue weighted by Crippen LogP contribution is -2.24. The monoisotopic (exact) mass is 615 g/mol. The number of anilines is 1. The summed E-state index contributed by atoms with van der Waals surface area (Å²) in [5.41, 5.74) is 6.79. The second-order valence-electron chi connectivity index (χ2n) is 8.01. The summed E-state index contributed by atoms with van der Waals surface area (Å²) in [6.07, 6.45) is 1.13. The molecule has 9 heteroatoms. The summed E-state index contributed by atoms with van der Waals surface area (Å²) in [4.78, 5) is 24.4. The van der Waals surface area contributed by atoms with Crippen LogP contribution >= 0.6 is 31.9 Å². The number of hydrazone groups is 1. The fourth-order valence-corrected chi connectivity index (χ4v) is 4.15. The molecule has 188 valence electrons. The Hall–Kier alpha value is -3.17. The molecule has 0 bridgehead atoms. The molecule has 2 N–H and O–H groups in total. The van der Waals surface area contributed by atoms with Gasteiger partial charge in [-0.15, -0.1) is 0 Å². The smallest absolute Gasteiger partial charge is 0.249 e. The molecule has 3 rings (SSSR count). The number of amides is 2. The van der Waals surface area contributed by atoms with Crippen molar-refractivity contribution < 1.29 is 19.1 Å². The van der Waals surface area contributed by atoms with E-state index in [1.807, 2.05) is 69.3 Å². The van der Waals surface area contributed by atoms with Crippen LogP contribution < -0.4 is 20.2 Å². The van der Waals surface area contributed by atoms with Crippen LogP contribution in [0.15, 0.2) is 68.6 Å². The van der Waals surface area contributed by atoms with E-state index in [4.69, 9.17) is 9.47 Å². The van der Waals surface area contributed by atoms with Gasteiger partial charge < -0.3 is 14.8 Å². The Balaban J connectivity index is 1.59. The van der Waals surface area contributed by atoms with Gasteiger partial charge in [-0.2, -0.15) is 5.10 Å². The first-order chi connectivity index (χ1) is 17.2. The molecule has 0 fully saturated rings. The highest BCUT2D eigenvalue weighted by Gasteiger charge is 2.13. The molecule has 0 saturated carbocycles. The van der Waals surface area contributed by atoms with Crippen LogP contribution in [-0.2, 0) is 16.2 Å². The molecule has 0 heterocycles. The van der Waals surface area contributed by atoms with E-state index in [1.165, 1.54) is 6.21 Å². The van der Waals surface area contributed by atoms with Crippen LogP contribution in [0.4, 0.5) is 5.69 Å². The predicted molar refractivity (Wildman–Crippen MR) is 149 cm³/mol. The van der Waals surface area contributed by atoms with E-state index in [0.717, 1.165) is 21.2 Å². The Morgan fingerprint density at radius 2 is 1.72 bits per heavy atom. The molecule has 36 heavy (non-hydrogen) atoms. The van der Waals surface area contributed by atoms with Crippen molar-refractivity contribution in [3.63, 3.8) is 0 Å². The molecule has 0 unspecified atom stereocenters. The van der Waals surface area contributed by atoms with Crippen LogP contribution in [0.25, 0.3) is 0 Å². The number of rotatable bonds is 10. The molecular formula is C27H27Br2N3O4. The van der Waals surface area contributed by atoms with Crippen LogP contribution in [0.1, 0.15) is 35.6 Å². The standard InChI is InChI=1S/C27H27Br2N3O4/c1-4-35-24-13-20(12-22(29)27(24)36-16-19-6-8-21(28)9-7-19)15-30-32-26(34)14-25(33)31-23-10-5-17(2)11-18(23)3/h5-13,15H,4,14,16H2,1-3H3,(H,31,33)(H,32,34). The topological polar surface area (TPSA) is 89.0 Å². The van der Waals surface area contributed by atoms with Gasteiger partial charge in [0.05, 0.1) is 17.3 Å². The highest BCUT2D eigenvalue weighted by Crippen LogP contribution is 2.37. The van der Waals surface area contributed by atoms with Crippen molar-refractivity contribution >= 4 is 55.6 Å². The van der Waals surface area contributed by atoms with E-state index >= 15 is 0 Å². The molecule has 0 aliphatic rings. The molecule has 0 aliphatic carbocycles. The van der Waals surface area contributed by atoms with E-state index in [9.17, 15) is 9.59 Å². The van der Waals surface area contributed by atoms with Crippen LogP contribution in [0.2, 0.25) is 0 Å². The van der Waals surface area contributed by atoms with Crippen LogP contribution in [-0.4, -0.2) is 24.6 Å². The maximum atomic E-state index is 12.2. The third kappa shape index (κ3) is 8.20. The van der Waals surface area contributed by atoms with Crippen LogP contribution in [0.3, 0.4) is 0 Å². The zero-order valence-corrected chi connectivity index (χ0v) is 23.4. The lowest BCUT2D eigenvalue weighted by molar-refractivity contribution is -0.126. The zero-order chi connectivity index (χ0) is 26.1. The number of carbonyl (C=O) groups excluding carboxylic acids is 2. The number of hydrogen-bond acceptors (Lipinski definition) is 5. The van der Waals surface area contributed by atoms with Gasteiger partial charge in [0.1, 0.15) is 13.0 Å². The fourth-order valence-electron chi connectivity index (χ4n) is 3.31. The van der Waals surface area contributed by atoms with Crippen molar-refractivity contribution in [2.24, 2.45) is 5.10 Å². The highest BCUT2D eigenvalue weighted by atomic mass is 79.9. The Morgan fingerprint density at radius 1 is 0.972 bits per heavy atom. The van der Waals surface area contributed by atoms with Gasteiger partial charge in [0, 0.05) is 10.2 Å². The summed E-state index contributed by atoms with van der Waals surface area (Å²) >= 11 is 6.96. The molecule has 3 aromatic rings. The van der Waals surface area contributed by atoms with Gasteiger partial charge in [-0.3, -0.25) is 9.59 Å². The van der Waals surface area contributed by atoms with Gasteiger partial charge in [-0.1, -0.05) is 45.8 Å². The van der Waals surface area contributed by atoms with Crippen molar-refractivity contribution in [1.29, 1.82) is 0 Å². The molecule has 7 nitrogen and oxygen atoms in total. The highest BCUT2D eigenvalue weighted by molar-refractivity contribution is 9.10. The van der Waals surface area contributed by atoms with Crippen molar-refractivity contribution in [3.05, 3.63) is 85.8 Å². The number of halogens is 2. The van der Waals surface area contributed by atoms with E-state index in [0.29, 0.717) is 40.4 Å². The second kappa shape index (κ2) is 13.2. The number of benzene rings is 3. The second-order valence-corrected chi connectivity index (χ2v) is 9.78. The number of hydrogen-bond donors (Lipinski definition) is 2.